The van der Waals surface area contributed by atoms with Crippen molar-refractivity contribution < 1.29 is 14.3 Å². The van der Waals surface area contributed by atoms with Gasteiger partial charge in [-0.05, 0) is 31.7 Å². The zero-order chi connectivity index (χ0) is 20.6. The quantitative estimate of drug-likeness (QED) is 0.767. The molecule has 2 aromatic rings. The number of ether oxygens (including phenoxy) is 1. The normalized spacial score (nSPS) is 17.5. The highest BCUT2D eigenvalue weighted by Crippen LogP contribution is 2.30. The van der Waals surface area contributed by atoms with Crippen molar-refractivity contribution in [2.45, 2.75) is 64.0 Å². The first-order valence-corrected chi connectivity index (χ1v) is 10.7. The molecule has 1 saturated carbocycles. The molecule has 0 saturated heterocycles. The van der Waals surface area contributed by atoms with Crippen molar-refractivity contribution in [3.63, 3.8) is 0 Å². The molecule has 0 aromatic carbocycles. The van der Waals surface area contributed by atoms with Crippen molar-refractivity contribution >= 4 is 33.4 Å². The number of hydrogen-bond acceptors (Lipinski definition) is 7. The predicted molar refractivity (Wildman–Crippen MR) is 107 cm³/mol. The van der Waals surface area contributed by atoms with Crippen LogP contribution in [0.25, 0.3) is 10.2 Å². The van der Waals surface area contributed by atoms with Crippen molar-refractivity contribution in [2.24, 2.45) is 0 Å². The van der Waals surface area contributed by atoms with Gasteiger partial charge in [0.05, 0.1) is 11.5 Å². The number of rotatable bonds is 4. The van der Waals surface area contributed by atoms with Gasteiger partial charge in [0.2, 0.25) is 0 Å². The smallest absolute Gasteiger partial charge is 0.349 e. The summed E-state index contributed by atoms with van der Waals surface area (Å²) in [5.41, 5.74) is -0.453. The van der Waals surface area contributed by atoms with Gasteiger partial charge in [-0.2, -0.15) is 5.26 Å². The standard InChI is InChI=1S/C20H22N4O4S/c1-12-15-17(22-13-6-5-9-24(13)18(15)26)29-16(12)19(27)28-10-14(25)23-20(11-21)7-3-2-4-8-20/h2-10H2,1H3,(H,23,25). The number of nitriles is 1. The van der Waals surface area contributed by atoms with E-state index < -0.39 is 24.0 Å². The second-order valence-corrected chi connectivity index (χ2v) is 8.70. The van der Waals surface area contributed by atoms with Crippen LogP contribution in [0.15, 0.2) is 4.79 Å². The monoisotopic (exact) mass is 414 g/mol. The molecule has 0 radical (unpaired) electrons. The average molecular weight is 414 g/mol. The van der Waals surface area contributed by atoms with E-state index in [1.165, 1.54) is 0 Å². The molecular formula is C20H22N4O4S. The molecule has 1 fully saturated rings. The van der Waals surface area contributed by atoms with Gasteiger partial charge in [-0.1, -0.05) is 19.3 Å². The third-order valence-corrected chi connectivity index (χ3v) is 6.90. The fourth-order valence-electron chi connectivity index (χ4n) is 4.19. The first-order chi connectivity index (χ1) is 13.9. The minimum Gasteiger partial charge on any atom is -0.451 e. The lowest BCUT2D eigenvalue weighted by molar-refractivity contribution is -0.125. The van der Waals surface area contributed by atoms with Gasteiger partial charge in [0.1, 0.15) is 21.1 Å². The van der Waals surface area contributed by atoms with Gasteiger partial charge in [0.15, 0.2) is 6.61 Å². The number of thiophene rings is 1. The Hall–Kier alpha value is -2.73. The van der Waals surface area contributed by atoms with E-state index >= 15 is 0 Å². The van der Waals surface area contributed by atoms with Gasteiger partial charge in [-0.3, -0.25) is 14.2 Å². The van der Waals surface area contributed by atoms with Crippen LogP contribution in [0.4, 0.5) is 0 Å². The van der Waals surface area contributed by atoms with Crippen molar-refractivity contribution in [3.05, 3.63) is 26.6 Å². The molecule has 1 amide bonds. The number of fused-ring (bicyclic) bond motifs is 2. The maximum Gasteiger partial charge on any atom is 0.349 e. The van der Waals surface area contributed by atoms with E-state index in [1.54, 1.807) is 11.5 Å². The Bertz CT molecular complexity index is 1090. The molecule has 1 aliphatic heterocycles. The second-order valence-electron chi connectivity index (χ2n) is 7.70. The number of carbonyl (C=O) groups excluding carboxylic acids is 2. The zero-order valence-electron chi connectivity index (χ0n) is 16.2. The fourth-order valence-corrected chi connectivity index (χ4v) is 5.27. The van der Waals surface area contributed by atoms with Crippen LogP contribution in [0.2, 0.25) is 0 Å². The highest BCUT2D eigenvalue weighted by Gasteiger charge is 2.34. The van der Waals surface area contributed by atoms with E-state index in [0.717, 1.165) is 49.3 Å². The van der Waals surface area contributed by atoms with Crippen LogP contribution in [0.1, 0.15) is 59.6 Å². The first kappa shape index (κ1) is 19.6. The molecule has 8 nitrogen and oxygen atoms in total. The number of amides is 1. The number of aryl methyl sites for hydroxylation is 2. The van der Waals surface area contributed by atoms with Gasteiger partial charge in [-0.25, -0.2) is 9.78 Å². The lowest BCUT2D eigenvalue weighted by atomic mass is 9.83. The van der Waals surface area contributed by atoms with E-state index in [-0.39, 0.29) is 10.4 Å². The van der Waals surface area contributed by atoms with Crippen LogP contribution in [0.5, 0.6) is 0 Å². The van der Waals surface area contributed by atoms with E-state index in [2.05, 4.69) is 16.4 Å². The largest absolute Gasteiger partial charge is 0.451 e. The summed E-state index contributed by atoms with van der Waals surface area (Å²) in [4.78, 5) is 42.9. The van der Waals surface area contributed by atoms with Gasteiger partial charge in [0.25, 0.3) is 11.5 Å². The maximum atomic E-state index is 12.7. The van der Waals surface area contributed by atoms with E-state index in [1.807, 2.05) is 0 Å². The third kappa shape index (κ3) is 3.53. The summed E-state index contributed by atoms with van der Waals surface area (Å²) in [5.74, 6) is -0.394. The molecule has 152 valence electrons. The Balaban J connectivity index is 1.48. The van der Waals surface area contributed by atoms with Crippen LogP contribution >= 0.6 is 11.3 Å². The Morgan fingerprint density at radius 1 is 1.31 bits per heavy atom. The summed E-state index contributed by atoms with van der Waals surface area (Å²) in [6, 6.07) is 2.21. The van der Waals surface area contributed by atoms with Crippen LogP contribution < -0.4 is 10.9 Å². The zero-order valence-corrected chi connectivity index (χ0v) is 17.1. The molecule has 0 unspecified atom stereocenters. The van der Waals surface area contributed by atoms with Gasteiger partial charge < -0.3 is 10.1 Å². The van der Waals surface area contributed by atoms with Crippen LogP contribution in [0.3, 0.4) is 0 Å². The van der Waals surface area contributed by atoms with Gasteiger partial charge in [0, 0.05) is 13.0 Å². The lowest BCUT2D eigenvalue weighted by Gasteiger charge is -2.31. The molecule has 29 heavy (non-hydrogen) atoms. The van der Waals surface area contributed by atoms with Crippen LogP contribution in [-0.4, -0.2) is 33.6 Å². The second kappa shape index (κ2) is 7.59. The Morgan fingerprint density at radius 3 is 2.79 bits per heavy atom. The molecule has 4 rings (SSSR count). The molecule has 0 bridgehead atoms. The number of hydrogen-bond donors (Lipinski definition) is 1. The highest BCUT2D eigenvalue weighted by atomic mass is 32.1. The number of nitrogens with one attached hydrogen (secondary N) is 1. The Morgan fingerprint density at radius 2 is 2.07 bits per heavy atom. The predicted octanol–water partition coefficient (Wildman–Crippen LogP) is 2.21. The fraction of sp³-hybridized carbons (Fsp3) is 0.550. The molecule has 2 aromatic heterocycles. The van der Waals surface area contributed by atoms with E-state index in [0.29, 0.717) is 35.2 Å². The molecule has 0 atom stereocenters. The van der Waals surface area contributed by atoms with E-state index in [4.69, 9.17) is 4.74 Å². The van der Waals surface area contributed by atoms with Crippen molar-refractivity contribution in [3.8, 4) is 6.07 Å². The Labute approximate surface area is 171 Å². The molecular weight excluding hydrogens is 392 g/mol. The van der Waals surface area contributed by atoms with Crippen molar-refractivity contribution in [1.82, 2.24) is 14.9 Å². The molecule has 1 aliphatic carbocycles. The topological polar surface area (TPSA) is 114 Å². The summed E-state index contributed by atoms with van der Waals surface area (Å²) in [7, 11) is 0. The molecule has 9 heteroatoms. The molecule has 3 heterocycles. The summed E-state index contributed by atoms with van der Waals surface area (Å²) in [5, 5.41) is 12.6. The molecule has 0 spiro atoms. The Kier molecular flexibility index (Phi) is 5.13. The molecule has 1 N–H and O–H groups in total. The summed E-state index contributed by atoms with van der Waals surface area (Å²) >= 11 is 1.12. The van der Waals surface area contributed by atoms with E-state index in [9.17, 15) is 19.6 Å². The minimum atomic E-state index is -0.867. The maximum absolute atomic E-state index is 12.7. The van der Waals surface area contributed by atoms with Gasteiger partial charge >= 0.3 is 5.97 Å². The first-order valence-electron chi connectivity index (χ1n) is 9.86. The summed E-state index contributed by atoms with van der Waals surface area (Å²) in [6.45, 7) is 1.89. The summed E-state index contributed by atoms with van der Waals surface area (Å²) in [6.07, 6.45) is 5.70. The SMILES string of the molecule is Cc1c(C(=O)OCC(=O)NC2(C#N)CCCCC2)sc2nc3n(c(=O)c12)CCC3. The molecule has 2 aliphatic rings. The number of carbonyl (C=O) groups is 2. The number of esters is 1. The highest BCUT2D eigenvalue weighted by molar-refractivity contribution is 7.20. The number of nitrogens with zero attached hydrogens (tertiary/aromatic N) is 3. The number of aromatic nitrogens is 2. The lowest BCUT2D eigenvalue weighted by Crippen LogP contribution is -2.50. The summed E-state index contributed by atoms with van der Waals surface area (Å²) < 4.78 is 6.85. The minimum absolute atomic E-state index is 0.124. The van der Waals surface area contributed by atoms with Crippen LogP contribution in [-0.2, 0) is 22.5 Å². The van der Waals surface area contributed by atoms with Crippen LogP contribution in [0, 0.1) is 18.3 Å². The average Bonchev–Trinajstić information content (AvgIpc) is 3.32. The third-order valence-electron chi connectivity index (χ3n) is 5.73. The van der Waals surface area contributed by atoms with Gasteiger partial charge in [-0.15, -0.1) is 11.3 Å². The van der Waals surface area contributed by atoms with Crippen molar-refractivity contribution in [2.75, 3.05) is 6.61 Å². The van der Waals surface area contributed by atoms with Crippen molar-refractivity contribution in [1.29, 1.82) is 5.26 Å².